The molecule has 0 radical (unpaired) electrons. The Kier molecular flexibility index (Phi) is 37.5. The van der Waals surface area contributed by atoms with Gasteiger partial charge in [0.15, 0.2) is 0 Å². The van der Waals surface area contributed by atoms with Gasteiger partial charge in [-0.3, -0.25) is 0 Å². The third-order valence-electron chi connectivity index (χ3n) is 9.18. The summed E-state index contributed by atoms with van der Waals surface area (Å²) in [4.78, 5) is 8.25. The molecule has 0 fully saturated rings. The minimum absolute atomic E-state index is 0.375. The van der Waals surface area contributed by atoms with Gasteiger partial charge in [0.25, 0.3) is 0 Å². The molecule has 0 aliphatic rings. The minimum Gasteiger partial charge on any atom is -0.356 e. The average molecular weight is 599 g/mol. The van der Waals surface area contributed by atoms with E-state index in [0.29, 0.717) is 5.54 Å². The van der Waals surface area contributed by atoms with Crippen LogP contribution in [0.3, 0.4) is 0 Å². The molecule has 0 aliphatic carbocycles. The highest BCUT2D eigenvalue weighted by Crippen LogP contribution is 2.26. The van der Waals surface area contributed by atoms with E-state index in [1.165, 1.54) is 212 Å². The third kappa shape index (κ3) is 39.2. The van der Waals surface area contributed by atoms with Gasteiger partial charge in [-0.1, -0.05) is 194 Å². The van der Waals surface area contributed by atoms with Crippen LogP contribution in [-0.2, 0) is 0 Å². The van der Waals surface area contributed by atoms with Gasteiger partial charge in [0.05, 0.1) is 10.6 Å². The van der Waals surface area contributed by atoms with Gasteiger partial charge in [-0.2, -0.15) is 0 Å². The SMILES string of the molecule is CCCCCCCCCCCCC([NH3+])(CCCCCCCCCCCC)CCCCCCCCCCCC.O=[N+]([O-])[O-]. The maximum absolute atomic E-state index is 8.25. The number of unbranched alkanes of at least 4 members (excludes halogenated alkanes) is 27. The molecule has 5 nitrogen and oxygen atoms in total. The molecule has 5 heteroatoms. The van der Waals surface area contributed by atoms with Crippen LogP contribution in [0.15, 0.2) is 0 Å². The van der Waals surface area contributed by atoms with E-state index in [9.17, 15) is 0 Å². The van der Waals surface area contributed by atoms with E-state index in [4.69, 9.17) is 21.1 Å². The van der Waals surface area contributed by atoms with Crippen LogP contribution in [0.4, 0.5) is 0 Å². The Balaban J connectivity index is 0. The lowest BCUT2D eigenvalue weighted by Gasteiger charge is -2.26. The van der Waals surface area contributed by atoms with Crippen LogP contribution in [-0.4, -0.2) is 10.6 Å². The predicted molar refractivity (Wildman–Crippen MR) is 185 cm³/mol. The summed E-state index contributed by atoms with van der Waals surface area (Å²) in [6.07, 6.45) is 47.5. The Labute approximate surface area is 264 Å². The van der Waals surface area contributed by atoms with Gasteiger partial charge in [0.1, 0.15) is 0 Å². The summed E-state index contributed by atoms with van der Waals surface area (Å²) in [6, 6.07) is 0. The number of rotatable bonds is 33. The van der Waals surface area contributed by atoms with Crippen molar-refractivity contribution in [1.82, 2.24) is 0 Å². The minimum atomic E-state index is -1.75. The van der Waals surface area contributed by atoms with Crippen molar-refractivity contribution < 1.29 is 10.8 Å². The molecule has 0 aromatic heterocycles. The Bertz CT molecular complexity index is 451. The van der Waals surface area contributed by atoms with Crippen LogP contribution in [0.1, 0.15) is 233 Å². The molecule has 0 saturated heterocycles. The molecule has 0 bridgehead atoms. The lowest BCUT2D eigenvalue weighted by molar-refractivity contribution is -0.484. The van der Waals surface area contributed by atoms with Crippen molar-refractivity contribution in [2.45, 2.75) is 238 Å². The first-order chi connectivity index (χ1) is 20.4. The lowest BCUT2D eigenvalue weighted by atomic mass is 9.82. The maximum Gasteiger partial charge on any atom is 0.0945 e. The van der Waals surface area contributed by atoms with E-state index < -0.39 is 5.09 Å². The fraction of sp³-hybridized carbons (Fsp3) is 1.00. The van der Waals surface area contributed by atoms with E-state index >= 15 is 0 Å². The Morgan fingerprint density at radius 3 is 0.690 bits per heavy atom. The van der Waals surface area contributed by atoms with E-state index in [2.05, 4.69) is 20.8 Å². The van der Waals surface area contributed by atoms with Crippen LogP contribution >= 0.6 is 0 Å². The van der Waals surface area contributed by atoms with Crippen molar-refractivity contribution in [2.75, 3.05) is 0 Å². The molecule has 254 valence electrons. The first-order valence-corrected chi connectivity index (χ1v) is 19.1. The summed E-state index contributed by atoms with van der Waals surface area (Å²) in [6.45, 7) is 6.95. The third-order valence-corrected chi connectivity index (χ3v) is 9.18. The standard InChI is InChI=1S/C37H77N.NO3/c1-4-7-10-13-16-19-22-25-28-31-34-37(38,35-32-29-26-23-20-17-14-11-8-5-2)36-33-30-27-24-21-18-15-12-9-6-3;2-1(3)4/h4-36,38H2,1-3H3;/q;-1/p+1. The number of hydrogen-bond donors (Lipinski definition) is 1. The van der Waals surface area contributed by atoms with Crippen molar-refractivity contribution in [3.05, 3.63) is 15.3 Å². The molecule has 0 atom stereocenters. The molecular formula is C37H78N2O3. The average Bonchev–Trinajstić information content (AvgIpc) is 2.96. The van der Waals surface area contributed by atoms with Gasteiger partial charge in [-0.15, -0.1) is 0 Å². The topological polar surface area (TPSA) is 93.8 Å². The normalized spacial score (nSPS) is 11.4. The largest absolute Gasteiger partial charge is 0.356 e. The zero-order valence-electron chi connectivity index (χ0n) is 29.2. The summed E-state index contributed by atoms with van der Waals surface area (Å²) in [5.41, 5.74) is 5.27. The van der Waals surface area contributed by atoms with Crippen molar-refractivity contribution in [3.8, 4) is 0 Å². The van der Waals surface area contributed by atoms with Gasteiger partial charge in [0.2, 0.25) is 0 Å². The maximum atomic E-state index is 8.25. The van der Waals surface area contributed by atoms with Crippen molar-refractivity contribution in [1.29, 1.82) is 0 Å². The summed E-state index contributed by atoms with van der Waals surface area (Å²) < 4.78 is 0. The molecule has 0 saturated carbocycles. The quantitative estimate of drug-likeness (QED) is 0.0462. The van der Waals surface area contributed by atoms with Crippen molar-refractivity contribution in [2.24, 2.45) is 0 Å². The first-order valence-electron chi connectivity index (χ1n) is 19.1. The predicted octanol–water partition coefficient (Wildman–Crippen LogP) is 12.7. The number of quaternary nitrogens is 1. The van der Waals surface area contributed by atoms with Crippen LogP contribution in [0.2, 0.25) is 0 Å². The highest BCUT2D eigenvalue weighted by Gasteiger charge is 2.27. The second-order valence-corrected chi connectivity index (χ2v) is 13.5. The van der Waals surface area contributed by atoms with Crippen LogP contribution in [0.5, 0.6) is 0 Å². The van der Waals surface area contributed by atoms with Gasteiger partial charge in [-0.05, 0) is 19.3 Å². The summed E-state index contributed by atoms with van der Waals surface area (Å²) in [7, 11) is 0. The Morgan fingerprint density at radius 2 is 0.524 bits per heavy atom. The highest BCUT2D eigenvalue weighted by molar-refractivity contribution is 4.77. The second-order valence-electron chi connectivity index (χ2n) is 13.5. The highest BCUT2D eigenvalue weighted by atomic mass is 16.9. The summed E-state index contributed by atoms with van der Waals surface area (Å²) in [5.74, 6) is 0. The Hall–Kier alpha value is -0.840. The van der Waals surface area contributed by atoms with Crippen molar-refractivity contribution in [3.63, 3.8) is 0 Å². The van der Waals surface area contributed by atoms with E-state index in [1.54, 1.807) is 0 Å². The summed E-state index contributed by atoms with van der Waals surface area (Å²) in [5, 5.41) is 14.8. The molecule has 3 N–H and O–H groups in total. The smallest absolute Gasteiger partial charge is 0.0945 e. The fourth-order valence-electron chi connectivity index (χ4n) is 6.34. The zero-order chi connectivity index (χ0) is 31.4. The lowest BCUT2D eigenvalue weighted by Crippen LogP contribution is -2.72. The molecule has 0 spiro atoms. The molecular weight excluding hydrogens is 520 g/mol. The molecule has 42 heavy (non-hydrogen) atoms. The molecule has 0 aliphatic heterocycles. The molecule has 0 rings (SSSR count). The number of hydrogen-bond acceptors (Lipinski definition) is 3. The zero-order valence-corrected chi connectivity index (χ0v) is 29.2. The molecule has 0 amide bonds. The second kappa shape index (κ2) is 36.4. The molecule has 0 aromatic rings. The van der Waals surface area contributed by atoms with Gasteiger partial charge in [0, 0.05) is 19.3 Å². The van der Waals surface area contributed by atoms with E-state index in [1.807, 2.05) is 0 Å². The monoisotopic (exact) mass is 599 g/mol. The van der Waals surface area contributed by atoms with Gasteiger partial charge in [-0.25, -0.2) is 0 Å². The number of nitrogens with zero attached hydrogens (tertiary/aromatic N) is 1. The van der Waals surface area contributed by atoms with Crippen molar-refractivity contribution >= 4 is 0 Å². The molecule has 0 aromatic carbocycles. The van der Waals surface area contributed by atoms with Gasteiger partial charge < -0.3 is 21.1 Å². The Morgan fingerprint density at radius 1 is 0.381 bits per heavy atom. The van der Waals surface area contributed by atoms with Crippen LogP contribution in [0.25, 0.3) is 0 Å². The van der Waals surface area contributed by atoms with Crippen LogP contribution in [0, 0.1) is 15.3 Å². The van der Waals surface area contributed by atoms with Gasteiger partial charge >= 0.3 is 0 Å². The summed E-state index contributed by atoms with van der Waals surface area (Å²) >= 11 is 0. The van der Waals surface area contributed by atoms with E-state index in [-0.39, 0.29) is 0 Å². The molecule has 0 unspecified atom stereocenters. The van der Waals surface area contributed by atoms with Crippen LogP contribution < -0.4 is 5.73 Å². The van der Waals surface area contributed by atoms with E-state index in [0.717, 1.165) is 0 Å². The first kappa shape index (κ1) is 43.3. The molecule has 0 heterocycles. The fourth-order valence-corrected chi connectivity index (χ4v) is 6.34.